The molecule has 2 fully saturated rings. The van der Waals surface area contributed by atoms with Crippen LogP contribution in [0.25, 0.3) is 0 Å². The fourth-order valence-electron chi connectivity index (χ4n) is 3.36. The topological polar surface area (TPSA) is 59.5 Å². The number of hydrogen-bond acceptors (Lipinski definition) is 6. The molecule has 2 aliphatic rings. The van der Waals surface area contributed by atoms with Gasteiger partial charge in [-0.15, -0.1) is 0 Å². The maximum Gasteiger partial charge on any atom is 0.231 e. The molecule has 0 aromatic carbocycles. The molecule has 0 aliphatic carbocycles. The molecule has 3 rings (SSSR count). The predicted molar refractivity (Wildman–Crippen MR) is 81.1 cm³/mol. The van der Waals surface area contributed by atoms with Crippen molar-refractivity contribution in [3.8, 4) is 11.8 Å². The lowest BCUT2D eigenvalue weighted by Crippen LogP contribution is -2.41. The van der Waals surface area contributed by atoms with Crippen molar-refractivity contribution in [2.75, 3.05) is 38.8 Å². The van der Waals surface area contributed by atoms with Crippen molar-refractivity contribution in [1.29, 1.82) is 0 Å². The summed E-state index contributed by atoms with van der Waals surface area (Å²) in [5.41, 5.74) is 0. The van der Waals surface area contributed by atoms with Crippen LogP contribution in [0.15, 0.2) is 6.07 Å². The molecule has 0 radical (unpaired) electrons. The lowest BCUT2D eigenvalue weighted by atomic mass is 9.89. The van der Waals surface area contributed by atoms with Gasteiger partial charge in [-0.3, -0.25) is 0 Å². The standard InChI is InChI=1S/C15H24N4O2/c1-20-13-10-14(21-2)18-15(17-13)19-8-5-11(6-9-19)12-4-3-7-16-12/h10-12,16H,3-9H2,1-2H3. The lowest BCUT2D eigenvalue weighted by Gasteiger charge is -2.35. The molecule has 0 bridgehead atoms. The van der Waals surface area contributed by atoms with Gasteiger partial charge in [0.05, 0.1) is 20.3 Å². The normalized spacial score (nSPS) is 23.3. The maximum absolute atomic E-state index is 5.22. The van der Waals surface area contributed by atoms with E-state index in [4.69, 9.17) is 9.47 Å². The van der Waals surface area contributed by atoms with Crippen molar-refractivity contribution in [3.63, 3.8) is 0 Å². The van der Waals surface area contributed by atoms with Crippen molar-refractivity contribution in [1.82, 2.24) is 15.3 Å². The van der Waals surface area contributed by atoms with Crippen molar-refractivity contribution >= 4 is 5.95 Å². The molecule has 1 aromatic heterocycles. The zero-order valence-electron chi connectivity index (χ0n) is 12.8. The van der Waals surface area contributed by atoms with E-state index in [9.17, 15) is 0 Å². The van der Waals surface area contributed by atoms with Crippen molar-refractivity contribution in [2.24, 2.45) is 5.92 Å². The summed E-state index contributed by atoms with van der Waals surface area (Å²) in [6, 6.07) is 2.42. The molecule has 1 atom stereocenters. The fraction of sp³-hybridized carbons (Fsp3) is 0.733. The Bertz CT molecular complexity index is 446. The van der Waals surface area contributed by atoms with Gasteiger partial charge in [-0.1, -0.05) is 0 Å². The molecule has 3 heterocycles. The molecule has 1 aromatic rings. The van der Waals surface area contributed by atoms with E-state index < -0.39 is 0 Å². The minimum absolute atomic E-state index is 0.552. The van der Waals surface area contributed by atoms with Crippen LogP contribution in [0.1, 0.15) is 25.7 Å². The highest BCUT2D eigenvalue weighted by Gasteiger charge is 2.29. The van der Waals surface area contributed by atoms with E-state index >= 15 is 0 Å². The first-order valence-electron chi connectivity index (χ1n) is 7.75. The Labute approximate surface area is 125 Å². The predicted octanol–water partition coefficient (Wildman–Crippen LogP) is 1.46. The minimum Gasteiger partial charge on any atom is -0.481 e. The third-order valence-corrected chi connectivity index (χ3v) is 4.58. The Morgan fingerprint density at radius 1 is 1.10 bits per heavy atom. The molecular weight excluding hydrogens is 268 g/mol. The van der Waals surface area contributed by atoms with Crippen LogP contribution in [0.3, 0.4) is 0 Å². The third-order valence-electron chi connectivity index (χ3n) is 4.58. The van der Waals surface area contributed by atoms with E-state index in [0.29, 0.717) is 23.8 Å². The first kappa shape index (κ1) is 14.4. The van der Waals surface area contributed by atoms with Gasteiger partial charge in [0, 0.05) is 19.1 Å². The van der Waals surface area contributed by atoms with Gasteiger partial charge in [-0.2, -0.15) is 9.97 Å². The van der Waals surface area contributed by atoms with Gasteiger partial charge >= 0.3 is 0 Å². The number of rotatable bonds is 4. The molecule has 0 amide bonds. The third kappa shape index (κ3) is 3.20. The van der Waals surface area contributed by atoms with Crippen LogP contribution in [0.4, 0.5) is 5.95 Å². The SMILES string of the molecule is COc1cc(OC)nc(N2CCC(C3CCCN3)CC2)n1. The summed E-state index contributed by atoms with van der Waals surface area (Å²) >= 11 is 0. The second-order valence-corrected chi connectivity index (χ2v) is 5.78. The number of nitrogens with one attached hydrogen (secondary N) is 1. The maximum atomic E-state index is 5.22. The molecule has 1 unspecified atom stereocenters. The fourth-order valence-corrected chi connectivity index (χ4v) is 3.36. The van der Waals surface area contributed by atoms with Crippen LogP contribution in [-0.2, 0) is 0 Å². The molecule has 6 heteroatoms. The number of nitrogens with zero attached hydrogens (tertiary/aromatic N) is 3. The highest BCUT2D eigenvalue weighted by atomic mass is 16.5. The number of piperidine rings is 1. The quantitative estimate of drug-likeness (QED) is 0.906. The monoisotopic (exact) mass is 292 g/mol. The Morgan fingerprint density at radius 2 is 1.76 bits per heavy atom. The van der Waals surface area contributed by atoms with E-state index in [1.165, 1.54) is 32.2 Å². The van der Waals surface area contributed by atoms with Gasteiger partial charge in [0.25, 0.3) is 0 Å². The van der Waals surface area contributed by atoms with E-state index in [2.05, 4.69) is 20.2 Å². The first-order valence-corrected chi connectivity index (χ1v) is 7.75. The van der Waals surface area contributed by atoms with Gasteiger partial charge in [0.1, 0.15) is 0 Å². The molecule has 6 nitrogen and oxygen atoms in total. The van der Waals surface area contributed by atoms with Crippen LogP contribution >= 0.6 is 0 Å². The van der Waals surface area contributed by atoms with Gasteiger partial charge < -0.3 is 19.7 Å². The highest BCUT2D eigenvalue weighted by molar-refractivity contribution is 5.37. The summed E-state index contributed by atoms with van der Waals surface area (Å²) in [5.74, 6) is 2.60. The summed E-state index contributed by atoms with van der Waals surface area (Å²) in [7, 11) is 3.23. The summed E-state index contributed by atoms with van der Waals surface area (Å²) in [6.45, 7) is 3.18. The molecular formula is C15H24N4O2. The van der Waals surface area contributed by atoms with Crippen LogP contribution in [0, 0.1) is 5.92 Å². The largest absolute Gasteiger partial charge is 0.481 e. The van der Waals surface area contributed by atoms with E-state index in [-0.39, 0.29) is 0 Å². The van der Waals surface area contributed by atoms with Gasteiger partial charge in [0.15, 0.2) is 0 Å². The van der Waals surface area contributed by atoms with Crippen LogP contribution in [-0.4, -0.2) is 49.9 Å². The van der Waals surface area contributed by atoms with Crippen molar-refractivity contribution in [3.05, 3.63) is 6.07 Å². The van der Waals surface area contributed by atoms with Crippen LogP contribution in [0.5, 0.6) is 11.8 Å². The van der Waals surface area contributed by atoms with Crippen molar-refractivity contribution in [2.45, 2.75) is 31.7 Å². The van der Waals surface area contributed by atoms with Gasteiger partial charge in [-0.05, 0) is 38.1 Å². The Hall–Kier alpha value is -1.56. The van der Waals surface area contributed by atoms with Crippen LogP contribution in [0.2, 0.25) is 0 Å². The number of ether oxygens (including phenoxy) is 2. The smallest absolute Gasteiger partial charge is 0.231 e. The number of hydrogen-bond donors (Lipinski definition) is 1. The van der Waals surface area contributed by atoms with E-state index in [1.54, 1.807) is 20.3 Å². The van der Waals surface area contributed by atoms with Crippen LogP contribution < -0.4 is 19.7 Å². The molecule has 1 N–H and O–H groups in total. The van der Waals surface area contributed by atoms with Gasteiger partial charge in [0.2, 0.25) is 17.7 Å². The molecule has 2 saturated heterocycles. The van der Waals surface area contributed by atoms with E-state index in [1.807, 2.05) is 0 Å². The Morgan fingerprint density at radius 3 is 2.29 bits per heavy atom. The lowest BCUT2D eigenvalue weighted by molar-refractivity contribution is 0.315. The summed E-state index contributed by atoms with van der Waals surface area (Å²) < 4.78 is 10.4. The summed E-state index contributed by atoms with van der Waals surface area (Å²) in [4.78, 5) is 11.1. The first-order chi connectivity index (χ1) is 10.3. The number of aromatic nitrogens is 2. The summed E-state index contributed by atoms with van der Waals surface area (Å²) in [5, 5.41) is 3.63. The Kier molecular flexibility index (Phi) is 4.43. The van der Waals surface area contributed by atoms with Crippen molar-refractivity contribution < 1.29 is 9.47 Å². The second kappa shape index (κ2) is 6.47. The molecule has 2 aliphatic heterocycles. The molecule has 0 spiro atoms. The average Bonchev–Trinajstić information content (AvgIpc) is 3.09. The average molecular weight is 292 g/mol. The zero-order chi connectivity index (χ0) is 14.7. The number of anilines is 1. The minimum atomic E-state index is 0.552. The molecule has 21 heavy (non-hydrogen) atoms. The highest BCUT2D eigenvalue weighted by Crippen LogP contribution is 2.28. The molecule has 116 valence electrons. The van der Waals surface area contributed by atoms with E-state index in [0.717, 1.165) is 19.0 Å². The second-order valence-electron chi connectivity index (χ2n) is 5.78. The Balaban J connectivity index is 1.65. The zero-order valence-corrected chi connectivity index (χ0v) is 12.8. The number of methoxy groups -OCH3 is 2. The summed E-state index contributed by atoms with van der Waals surface area (Å²) in [6.07, 6.45) is 5.04. The van der Waals surface area contributed by atoms with Gasteiger partial charge in [-0.25, -0.2) is 0 Å². The molecule has 0 saturated carbocycles.